The van der Waals surface area contributed by atoms with Crippen molar-refractivity contribution in [2.45, 2.75) is 31.8 Å². The van der Waals surface area contributed by atoms with E-state index >= 15 is 0 Å². The van der Waals surface area contributed by atoms with Crippen molar-refractivity contribution in [3.8, 4) is 5.75 Å². The van der Waals surface area contributed by atoms with Crippen LogP contribution < -0.4 is 16.8 Å². The fourth-order valence-electron chi connectivity index (χ4n) is 1.79. The van der Waals surface area contributed by atoms with Crippen LogP contribution in [0.4, 0.5) is 0 Å². The highest BCUT2D eigenvalue weighted by Crippen LogP contribution is 2.17. The van der Waals surface area contributed by atoms with Crippen molar-refractivity contribution in [1.29, 1.82) is 0 Å². The Morgan fingerprint density at radius 1 is 1.39 bits per heavy atom. The predicted molar refractivity (Wildman–Crippen MR) is 70.9 cm³/mol. The molecule has 1 amide bonds. The Bertz CT molecular complexity index is 378. The summed E-state index contributed by atoms with van der Waals surface area (Å²) in [7, 11) is 0. The van der Waals surface area contributed by atoms with E-state index in [4.69, 9.17) is 11.5 Å². The number of nitrogens with one attached hydrogen (secondary N) is 1. The van der Waals surface area contributed by atoms with Crippen LogP contribution in [0.2, 0.25) is 0 Å². The highest BCUT2D eigenvalue weighted by molar-refractivity contribution is 5.79. The third-order valence-electron chi connectivity index (χ3n) is 2.88. The zero-order valence-corrected chi connectivity index (χ0v) is 10.6. The smallest absolute Gasteiger partial charge is 0.234 e. The van der Waals surface area contributed by atoms with Gasteiger partial charge in [-0.1, -0.05) is 12.1 Å². The maximum absolute atomic E-state index is 11.3. The Hall–Kier alpha value is -1.59. The standard InChI is InChI=1S/C13H21N3O2/c1-9(10-4-6-11(17)7-5-10)16-12(13(15)18)3-2-8-14/h4-7,9,12,16-17H,2-3,8,14H2,1H3,(H2,15,18). The number of aromatic hydroxyl groups is 1. The fourth-order valence-corrected chi connectivity index (χ4v) is 1.79. The van der Waals surface area contributed by atoms with Gasteiger partial charge in [0.2, 0.25) is 5.91 Å². The summed E-state index contributed by atoms with van der Waals surface area (Å²) in [5.74, 6) is -0.144. The molecule has 1 aromatic carbocycles. The molecule has 0 saturated heterocycles. The van der Waals surface area contributed by atoms with E-state index in [0.29, 0.717) is 13.0 Å². The van der Waals surface area contributed by atoms with Gasteiger partial charge < -0.3 is 16.6 Å². The van der Waals surface area contributed by atoms with Crippen LogP contribution in [0, 0.1) is 0 Å². The van der Waals surface area contributed by atoms with Gasteiger partial charge in [0.05, 0.1) is 6.04 Å². The number of hydrogen-bond acceptors (Lipinski definition) is 4. The van der Waals surface area contributed by atoms with E-state index in [9.17, 15) is 9.90 Å². The largest absolute Gasteiger partial charge is 0.508 e. The third kappa shape index (κ3) is 4.35. The molecule has 1 aromatic rings. The molecule has 6 N–H and O–H groups in total. The zero-order valence-electron chi connectivity index (χ0n) is 10.6. The van der Waals surface area contributed by atoms with E-state index in [1.807, 2.05) is 19.1 Å². The molecule has 2 unspecified atom stereocenters. The first kappa shape index (κ1) is 14.5. The minimum atomic E-state index is -0.377. The molecule has 0 aliphatic heterocycles. The first-order chi connectivity index (χ1) is 8.54. The van der Waals surface area contributed by atoms with Gasteiger partial charge in [-0.25, -0.2) is 0 Å². The maximum Gasteiger partial charge on any atom is 0.234 e. The summed E-state index contributed by atoms with van der Waals surface area (Å²) in [5.41, 5.74) is 11.8. The zero-order chi connectivity index (χ0) is 13.5. The van der Waals surface area contributed by atoms with E-state index in [2.05, 4.69) is 5.32 Å². The number of rotatable bonds is 7. The molecule has 5 nitrogen and oxygen atoms in total. The minimum Gasteiger partial charge on any atom is -0.508 e. The second-order valence-electron chi connectivity index (χ2n) is 4.37. The lowest BCUT2D eigenvalue weighted by Gasteiger charge is -2.21. The van der Waals surface area contributed by atoms with Gasteiger partial charge in [0, 0.05) is 6.04 Å². The molecule has 0 radical (unpaired) electrons. The van der Waals surface area contributed by atoms with E-state index in [1.54, 1.807) is 12.1 Å². The van der Waals surface area contributed by atoms with Crippen LogP contribution in [0.25, 0.3) is 0 Å². The number of phenolic OH excluding ortho intramolecular Hbond substituents is 1. The Labute approximate surface area is 107 Å². The highest BCUT2D eigenvalue weighted by atomic mass is 16.3. The molecule has 0 bridgehead atoms. The number of carbonyl (C=O) groups excluding carboxylic acids is 1. The monoisotopic (exact) mass is 251 g/mol. The van der Waals surface area contributed by atoms with Crippen molar-refractivity contribution < 1.29 is 9.90 Å². The fraction of sp³-hybridized carbons (Fsp3) is 0.462. The molecule has 18 heavy (non-hydrogen) atoms. The summed E-state index contributed by atoms with van der Waals surface area (Å²) in [6.45, 7) is 2.49. The average molecular weight is 251 g/mol. The number of benzene rings is 1. The molecule has 0 aliphatic rings. The Morgan fingerprint density at radius 2 is 2.00 bits per heavy atom. The summed E-state index contributed by atoms with van der Waals surface area (Å²) in [6, 6.07) is 6.47. The molecule has 2 atom stereocenters. The lowest BCUT2D eigenvalue weighted by molar-refractivity contribution is -0.120. The van der Waals surface area contributed by atoms with Crippen LogP contribution in [0.3, 0.4) is 0 Å². The Kier molecular flexibility index (Phi) is 5.61. The van der Waals surface area contributed by atoms with Crippen molar-refractivity contribution in [3.63, 3.8) is 0 Å². The van der Waals surface area contributed by atoms with E-state index in [1.165, 1.54) is 0 Å². The van der Waals surface area contributed by atoms with E-state index < -0.39 is 0 Å². The lowest BCUT2D eigenvalue weighted by Crippen LogP contribution is -2.42. The summed E-state index contributed by atoms with van der Waals surface area (Å²) in [4.78, 5) is 11.3. The third-order valence-corrected chi connectivity index (χ3v) is 2.88. The van der Waals surface area contributed by atoms with Gasteiger partial charge in [-0.05, 0) is 44.0 Å². The number of amides is 1. The average Bonchev–Trinajstić information content (AvgIpc) is 2.34. The number of nitrogens with two attached hydrogens (primary N) is 2. The molecular formula is C13H21N3O2. The van der Waals surface area contributed by atoms with Gasteiger partial charge >= 0.3 is 0 Å². The summed E-state index contributed by atoms with van der Waals surface area (Å²) in [5, 5.41) is 12.4. The highest BCUT2D eigenvalue weighted by Gasteiger charge is 2.17. The van der Waals surface area contributed by atoms with E-state index in [0.717, 1.165) is 12.0 Å². The van der Waals surface area contributed by atoms with Gasteiger partial charge in [0.25, 0.3) is 0 Å². The van der Waals surface area contributed by atoms with Crippen molar-refractivity contribution >= 4 is 5.91 Å². The van der Waals surface area contributed by atoms with Crippen molar-refractivity contribution in [2.24, 2.45) is 11.5 Å². The topological polar surface area (TPSA) is 101 Å². The normalized spacial score (nSPS) is 14.1. The first-order valence-corrected chi connectivity index (χ1v) is 6.09. The molecule has 1 rings (SSSR count). The Morgan fingerprint density at radius 3 is 2.50 bits per heavy atom. The van der Waals surface area contributed by atoms with Crippen molar-refractivity contribution in [1.82, 2.24) is 5.32 Å². The number of primary amides is 1. The molecule has 0 heterocycles. The van der Waals surface area contributed by atoms with E-state index in [-0.39, 0.29) is 23.7 Å². The summed E-state index contributed by atoms with van der Waals surface area (Å²) >= 11 is 0. The summed E-state index contributed by atoms with van der Waals surface area (Å²) in [6.07, 6.45) is 1.39. The van der Waals surface area contributed by atoms with Gasteiger partial charge in [0.15, 0.2) is 0 Å². The Balaban J connectivity index is 2.62. The molecule has 0 aliphatic carbocycles. The summed E-state index contributed by atoms with van der Waals surface area (Å²) < 4.78 is 0. The van der Waals surface area contributed by atoms with Crippen molar-refractivity contribution in [2.75, 3.05) is 6.54 Å². The molecule has 0 spiro atoms. The SMILES string of the molecule is CC(NC(CCCN)C(N)=O)c1ccc(O)cc1. The number of phenols is 1. The second-order valence-corrected chi connectivity index (χ2v) is 4.37. The van der Waals surface area contributed by atoms with Crippen molar-refractivity contribution in [3.05, 3.63) is 29.8 Å². The van der Waals surface area contributed by atoms with Crippen LogP contribution in [-0.4, -0.2) is 23.6 Å². The molecule has 100 valence electrons. The van der Waals surface area contributed by atoms with Gasteiger partial charge in [-0.2, -0.15) is 0 Å². The van der Waals surface area contributed by atoms with Crippen LogP contribution in [0.1, 0.15) is 31.4 Å². The van der Waals surface area contributed by atoms with Gasteiger partial charge in [0.1, 0.15) is 5.75 Å². The number of carbonyl (C=O) groups is 1. The second kappa shape index (κ2) is 6.98. The van der Waals surface area contributed by atoms with Crippen LogP contribution in [-0.2, 0) is 4.79 Å². The quantitative estimate of drug-likeness (QED) is 0.571. The molecule has 0 saturated carbocycles. The number of hydrogen-bond donors (Lipinski definition) is 4. The van der Waals surface area contributed by atoms with Crippen LogP contribution in [0.15, 0.2) is 24.3 Å². The molecule has 0 fully saturated rings. The van der Waals surface area contributed by atoms with Crippen LogP contribution in [0.5, 0.6) is 5.75 Å². The lowest BCUT2D eigenvalue weighted by atomic mass is 10.0. The van der Waals surface area contributed by atoms with Gasteiger partial charge in [-0.15, -0.1) is 0 Å². The predicted octanol–water partition coefficient (Wildman–Crippen LogP) is 0.636. The maximum atomic E-state index is 11.3. The molecule has 0 aromatic heterocycles. The van der Waals surface area contributed by atoms with Crippen LogP contribution >= 0.6 is 0 Å². The minimum absolute atomic E-state index is 0.0131. The molecule has 5 heteroatoms. The first-order valence-electron chi connectivity index (χ1n) is 6.09. The molecular weight excluding hydrogens is 230 g/mol. The van der Waals surface area contributed by atoms with Gasteiger partial charge in [-0.3, -0.25) is 10.1 Å².